The van der Waals surface area contributed by atoms with E-state index in [4.69, 9.17) is 14.6 Å². The fourth-order valence-corrected chi connectivity index (χ4v) is 5.07. The Bertz CT molecular complexity index is 985. The molecule has 1 amide bonds. The lowest BCUT2D eigenvalue weighted by atomic mass is 10.0. The number of carbonyl (C=O) groups excluding carboxylic acids is 1. The number of carbonyl (C=O) groups is 1. The normalized spacial score (nSPS) is 15.7. The number of ether oxygens (including phenoxy) is 2. The highest BCUT2D eigenvalue weighted by molar-refractivity contribution is 8.14. The van der Waals surface area contributed by atoms with Crippen molar-refractivity contribution in [3.05, 3.63) is 53.6 Å². The summed E-state index contributed by atoms with van der Waals surface area (Å²) in [6.45, 7) is 9.15. The molecule has 6 nitrogen and oxygen atoms in total. The summed E-state index contributed by atoms with van der Waals surface area (Å²) in [4.78, 5) is 15.4. The lowest BCUT2D eigenvalue weighted by Gasteiger charge is -2.29. The third kappa shape index (κ3) is 6.94. The van der Waals surface area contributed by atoms with E-state index in [2.05, 4.69) is 49.9 Å². The molecule has 7 heteroatoms. The van der Waals surface area contributed by atoms with Gasteiger partial charge in [0.25, 0.3) is 0 Å². The van der Waals surface area contributed by atoms with E-state index in [-0.39, 0.29) is 10.5 Å². The maximum atomic E-state index is 12.9. The molecule has 2 aromatic rings. The van der Waals surface area contributed by atoms with Crippen molar-refractivity contribution < 1.29 is 14.3 Å². The van der Waals surface area contributed by atoms with Gasteiger partial charge in [-0.05, 0) is 55.2 Å². The SMILES string of the molecule is CCCCN(CCCC)c1ccc(CN2N=C(c3ccc(OC)c(OC)c3)C(CC)SC2=O)cc1. The standard InChI is InChI=1S/C28H39N3O3S/c1-6-9-17-30(18-10-7-2)23-14-11-21(12-15-23)20-31-28(32)35-26(8-3)27(29-31)22-13-16-24(33-4)25(19-22)34-5/h11-16,19,26H,6-10,17-18,20H2,1-5H3. The zero-order valence-electron chi connectivity index (χ0n) is 21.8. The molecule has 0 bridgehead atoms. The summed E-state index contributed by atoms with van der Waals surface area (Å²) in [6.07, 6.45) is 5.58. The molecule has 1 unspecified atom stereocenters. The maximum Gasteiger partial charge on any atom is 0.302 e. The van der Waals surface area contributed by atoms with E-state index in [1.807, 2.05) is 18.2 Å². The van der Waals surface area contributed by atoms with Crippen molar-refractivity contribution in [2.24, 2.45) is 5.10 Å². The number of benzene rings is 2. The minimum atomic E-state index is -0.0160. The number of methoxy groups -OCH3 is 2. The average molecular weight is 498 g/mol. The first-order valence-electron chi connectivity index (χ1n) is 12.7. The van der Waals surface area contributed by atoms with Crippen LogP contribution in [0.5, 0.6) is 11.5 Å². The van der Waals surface area contributed by atoms with E-state index in [0.29, 0.717) is 18.0 Å². The third-order valence-electron chi connectivity index (χ3n) is 6.23. The van der Waals surface area contributed by atoms with Crippen molar-refractivity contribution >= 4 is 28.4 Å². The Labute approximate surface area is 214 Å². The average Bonchev–Trinajstić information content (AvgIpc) is 2.89. The van der Waals surface area contributed by atoms with Crippen LogP contribution in [-0.2, 0) is 6.54 Å². The maximum absolute atomic E-state index is 12.9. The number of hydrogen-bond acceptors (Lipinski definition) is 6. The highest BCUT2D eigenvalue weighted by atomic mass is 32.2. The van der Waals surface area contributed by atoms with E-state index >= 15 is 0 Å². The smallest absolute Gasteiger partial charge is 0.302 e. The molecule has 0 spiro atoms. The fourth-order valence-electron chi connectivity index (χ4n) is 4.14. The number of thioether (sulfide) groups is 1. The van der Waals surface area contributed by atoms with Crippen LogP contribution in [0.2, 0.25) is 0 Å². The van der Waals surface area contributed by atoms with Crippen molar-refractivity contribution in [2.45, 2.75) is 64.7 Å². The molecule has 0 fully saturated rings. The van der Waals surface area contributed by atoms with Gasteiger partial charge < -0.3 is 14.4 Å². The molecule has 2 aromatic carbocycles. The predicted octanol–water partition coefficient (Wildman–Crippen LogP) is 6.96. The van der Waals surface area contributed by atoms with Gasteiger partial charge in [-0.2, -0.15) is 5.10 Å². The molecule has 0 aliphatic carbocycles. The van der Waals surface area contributed by atoms with E-state index in [1.54, 1.807) is 19.2 Å². The number of anilines is 1. The van der Waals surface area contributed by atoms with Gasteiger partial charge in [-0.15, -0.1) is 0 Å². The van der Waals surface area contributed by atoms with Crippen LogP contribution in [0.1, 0.15) is 64.0 Å². The van der Waals surface area contributed by atoms with Crippen LogP contribution in [0.15, 0.2) is 47.6 Å². The molecule has 1 heterocycles. The van der Waals surface area contributed by atoms with Gasteiger partial charge in [-0.3, -0.25) is 4.79 Å². The second-order valence-electron chi connectivity index (χ2n) is 8.75. The van der Waals surface area contributed by atoms with Crippen molar-refractivity contribution in [1.82, 2.24) is 5.01 Å². The van der Waals surface area contributed by atoms with Gasteiger partial charge >= 0.3 is 5.24 Å². The Balaban J connectivity index is 1.81. The number of hydrogen-bond donors (Lipinski definition) is 0. The van der Waals surface area contributed by atoms with Crippen molar-refractivity contribution in [3.63, 3.8) is 0 Å². The summed E-state index contributed by atoms with van der Waals surface area (Å²) >= 11 is 1.34. The fraction of sp³-hybridized carbons (Fsp3) is 0.500. The first-order chi connectivity index (χ1) is 17.0. The van der Waals surface area contributed by atoms with Crippen LogP contribution in [0, 0.1) is 0 Å². The monoisotopic (exact) mass is 497 g/mol. The van der Waals surface area contributed by atoms with Crippen LogP contribution in [0.25, 0.3) is 0 Å². The van der Waals surface area contributed by atoms with Gasteiger partial charge in [-0.25, -0.2) is 5.01 Å². The van der Waals surface area contributed by atoms with E-state index < -0.39 is 0 Å². The van der Waals surface area contributed by atoms with E-state index in [9.17, 15) is 4.79 Å². The number of unbranched alkanes of at least 4 members (excludes halogenated alkanes) is 2. The van der Waals surface area contributed by atoms with Crippen LogP contribution in [0.3, 0.4) is 0 Å². The topological polar surface area (TPSA) is 54.4 Å². The summed E-state index contributed by atoms with van der Waals surface area (Å²) in [5.74, 6) is 1.33. The van der Waals surface area contributed by atoms with Crippen molar-refractivity contribution in [1.29, 1.82) is 0 Å². The molecule has 190 valence electrons. The molecule has 0 aromatic heterocycles. The zero-order valence-corrected chi connectivity index (χ0v) is 22.6. The van der Waals surface area contributed by atoms with E-state index in [1.165, 1.54) is 43.1 Å². The van der Waals surface area contributed by atoms with Crippen LogP contribution < -0.4 is 14.4 Å². The first-order valence-corrected chi connectivity index (χ1v) is 13.5. The number of hydrazone groups is 1. The Morgan fingerprint density at radius 2 is 1.60 bits per heavy atom. The van der Waals surface area contributed by atoms with Gasteiger partial charge in [-0.1, -0.05) is 57.5 Å². The molecule has 0 saturated heterocycles. The Morgan fingerprint density at radius 3 is 2.17 bits per heavy atom. The number of rotatable bonds is 13. The second kappa shape index (κ2) is 13.4. The van der Waals surface area contributed by atoms with Crippen molar-refractivity contribution in [2.75, 3.05) is 32.2 Å². The predicted molar refractivity (Wildman–Crippen MR) is 147 cm³/mol. The van der Waals surface area contributed by atoms with Crippen molar-refractivity contribution in [3.8, 4) is 11.5 Å². The number of nitrogens with zero attached hydrogens (tertiary/aromatic N) is 3. The second-order valence-corrected chi connectivity index (χ2v) is 9.91. The quantitative estimate of drug-likeness (QED) is 0.299. The molecule has 1 aliphatic rings. The minimum absolute atomic E-state index is 0.00455. The molecule has 35 heavy (non-hydrogen) atoms. The molecular weight excluding hydrogens is 458 g/mol. The largest absolute Gasteiger partial charge is 0.493 e. The van der Waals surface area contributed by atoms with Crippen LogP contribution >= 0.6 is 11.8 Å². The highest BCUT2D eigenvalue weighted by Gasteiger charge is 2.30. The molecule has 0 N–H and O–H groups in total. The number of amides is 1. The van der Waals surface area contributed by atoms with Crippen LogP contribution in [-0.4, -0.2) is 48.5 Å². The Morgan fingerprint density at radius 1 is 0.943 bits per heavy atom. The Kier molecular flexibility index (Phi) is 10.3. The molecule has 3 rings (SSSR count). The molecule has 1 aliphatic heterocycles. The molecule has 0 saturated carbocycles. The summed E-state index contributed by atoms with van der Waals surface area (Å²) in [6, 6.07) is 14.4. The van der Waals surface area contributed by atoms with Gasteiger partial charge in [0.05, 0.1) is 31.7 Å². The third-order valence-corrected chi connectivity index (χ3v) is 7.49. The summed E-state index contributed by atoms with van der Waals surface area (Å²) < 4.78 is 10.9. The first kappa shape index (κ1) is 26.9. The van der Waals surface area contributed by atoms with Gasteiger partial charge in [0.2, 0.25) is 0 Å². The Hall–Kier alpha value is -2.67. The molecule has 0 radical (unpaired) electrons. The van der Waals surface area contributed by atoms with E-state index in [0.717, 1.165) is 36.3 Å². The molecular formula is C28H39N3O3S. The lowest BCUT2D eigenvalue weighted by Crippen LogP contribution is -2.34. The summed E-state index contributed by atoms with van der Waals surface area (Å²) in [5, 5.41) is 6.40. The summed E-state index contributed by atoms with van der Waals surface area (Å²) in [5.41, 5.74) is 4.15. The minimum Gasteiger partial charge on any atom is -0.493 e. The van der Waals surface area contributed by atoms with Gasteiger partial charge in [0.1, 0.15) is 0 Å². The van der Waals surface area contributed by atoms with Gasteiger partial charge in [0.15, 0.2) is 11.5 Å². The lowest BCUT2D eigenvalue weighted by molar-refractivity contribution is 0.222. The van der Waals surface area contributed by atoms with Gasteiger partial charge in [0, 0.05) is 24.3 Å². The molecule has 1 atom stereocenters. The van der Waals surface area contributed by atoms with Crippen LogP contribution in [0.4, 0.5) is 10.5 Å². The zero-order chi connectivity index (χ0) is 25.2. The highest BCUT2D eigenvalue weighted by Crippen LogP contribution is 2.33. The summed E-state index contributed by atoms with van der Waals surface area (Å²) in [7, 11) is 3.25.